The van der Waals surface area contributed by atoms with Gasteiger partial charge < -0.3 is 14.8 Å². The molecule has 0 spiro atoms. The molecule has 3 unspecified atom stereocenters. The van der Waals surface area contributed by atoms with E-state index in [4.69, 9.17) is 9.47 Å². The van der Waals surface area contributed by atoms with Crippen LogP contribution in [0.3, 0.4) is 0 Å². The van der Waals surface area contributed by atoms with Gasteiger partial charge in [0.25, 0.3) is 0 Å². The summed E-state index contributed by atoms with van der Waals surface area (Å²) in [5.74, 6) is -0.843. The zero-order chi connectivity index (χ0) is 14.7. The van der Waals surface area contributed by atoms with Crippen molar-refractivity contribution in [1.82, 2.24) is 0 Å². The number of anilines is 1. The summed E-state index contributed by atoms with van der Waals surface area (Å²) in [6, 6.07) is 3.75. The van der Waals surface area contributed by atoms with Crippen molar-refractivity contribution in [3.8, 4) is 0 Å². The van der Waals surface area contributed by atoms with Gasteiger partial charge >= 0.3 is 5.69 Å². The van der Waals surface area contributed by atoms with Crippen molar-refractivity contribution in [2.45, 2.75) is 31.6 Å². The molecule has 20 heavy (non-hydrogen) atoms. The van der Waals surface area contributed by atoms with Gasteiger partial charge in [0.2, 0.25) is 5.82 Å². The number of halogens is 1. The molecule has 1 N–H and O–H groups in total. The monoisotopic (exact) mass is 284 g/mol. The first kappa shape index (κ1) is 14.7. The van der Waals surface area contributed by atoms with Gasteiger partial charge in [-0.3, -0.25) is 10.1 Å². The lowest BCUT2D eigenvalue weighted by atomic mass is 9.85. The van der Waals surface area contributed by atoms with Crippen molar-refractivity contribution < 1.29 is 18.8 Å². The Morgan fingerprint density at radius 3 is 2.90 bits per heavy atom. The lowest BCUT2D eigenvalue weighted by molar-refractivity contribution is -0.387. The largest absolute Gasteiger partial charge is 0.379 e. The fraction of sp³-hybridized carbons (Fsp3) is 0.538. The molecule has 1 fully saturated rings. The van der Waals surface area contributed by atoms with Crippen LogP contribution in [0.5, 0.6) is 0 Å². The van der Waals surface area contributed by atoms with Crippen molar-refractivity contribution in [2.75, 3.05) is 19.0 Å². The molecule has 110 valence electrons. The Labute approximate surface area is 116 Å². The second-order valence-electron chi connectivity index (χ2n) is 4.60. The summed E-state index contributed by atoms with van der Waals surface area (Å²) in [6.07, 6.45) is 0.661. The van der Waals surface area contributed by atoms with E-state index in [0.717, 1.165) is 12.5 Å². The number of rotatable bonds is 6. The second kappa shape index (κ2) is 6.15. The number of nitro benzene ring substituents is 1. The van der Waals surface area contributed by atoms with Gasteiger partial charge in [0.05, 0.1) is 17.1 Å². The molecule has 1 aromatic rings. The molecule has 3 atom stereocenters. The second-order valence-corrected chi connectivity index (χ2v) is 4.60. The van der Waals surface area contributed by atoms with Gasteiger partial charge in [-0.15, -0.1) is 0 Å². The van der Waals surface area contributed by atoms with Crippen molar-refractivity contribution >= 4 is 11.4 Å². The summed E-state index contributed by atoms with van der Waals surface area (Å²) >= 11 is 0. The zero-order valence-corrected chi connectivity index (χ0v) is 11.3. The van der Waals surface area contributed by atoms with Gasteiger partial charge in [-0.2, -0.15) is 4.39 Å². The van der Waals surface area contributed by atoms with Gasteiger partial charge in [0.1, 0.15) is 6.10 Å². The van der Waals surface area contributed by atoms with Crippen LogP contribution < -0.4 is 5.32 Å². The Hall–Kier alpha value is -1.73. The molecule has 0 heterocycles. The summed E-state index contributed by atoms with van der Waals surface area (Å²) in [5, 5.41) is 13.8. The third-order valence-corrected chi connectivity index (χ3v) is 3.40. The number of nitrogens with zero attached hydrogens (tertiary/aromatic N) is 1. The lowest BCUT2D eigenvalue weighted by Gasteiger charge is -2.43. The van der Waals surface area contributed by atoms with Crippen LogP contribution in [-0.4, -0.2) is 36.9 Å². The fourth-order valence-electron chi connectivity index (χ4n) is 2.37. The molecule has 7 heteroatoms. The molecule has 1 aromatic carbocycles. The predicted molar refractivity (Wildman–Crippen MR) is 71.3 cm³/mol. The molecule has 1 aliphatic rings. The van der Waals surface area contributed by atoms with E-state index in [0.29, 0.717) is 12.3 Å². The van der Waals surface area contributed by atoms with E-state index >= 15 is 0 Å². The van der Waals surface area contributed by atoms with Crippen LogP contribution in [0.2, 0.25) is 0 Å². The van der Waals surface area contributed by atoms with E-state index in [1.165, 1.54) is 12.1 Å². The highest BCUT2D eigenvalue weighted by Gasteiger charge is 2.42. The first-order valence-electron chi connectivity index (χ1n) is 6.41. The van der Waals surface area contributed by atoms with Crippen LogP contribution in [0.25, 0.3) is 0 Å². The number of hydrogen-bond acceptors (Lipinski definition) is 5. The normalized spacial score (nSPS) is 25.1. The van der Waals surface area contributed by atoms with Crippen LogP contribution in [0.15, 0.2) is 18.2 Å². The van der Waals surface area contributed by atoms with Crippen LogP contribution in [-0.2, 0) is 9.47 Å². The highest BCUT2D eigenvalue weighted by molar-refractivity contribution is 5.53. The first-order chi connectivity index (χ1) is 9.56. The van der Waals surface area contributed by atoms with E-state index < -0.39 is 16.4 Å². The van der Waals surface area contributed by atoms with E-state index in [1.54, 1.807) is 7.11 Å². The average molecular weight is 284 g/mol. The van der Waals surface area contributed by atoms with E-state index in [9.17, 15) is 14.5 Å². The van der Waals surface area contributed by atoms with Crippen LogP contribution in [0.4, 0.5) is 15.8 Å². The molecule has 0 radical (unpaired) electrons. The smallest absolute Gasteiger partial charge is 0.306 e. The number of hydrogen-bond donors (Lipinski definition) is 1. The maximum absolute atomic E-state index is 13.2. The molecule has 1 aliphatic carbocycles. The number of ether oxygens (including phenoxy) is 2. The number of methoxy groups -OCH3 is 1. The third-order valence-electron chi connectivity index (χ3n) is 3.40. The van der Waals surface area contributed by atoms with Gasteiger partial charge in [-0.05, 0) is 25.5 Å². The molecule has 1 saturated carbocycles. The Kier molecular flexibility index (Phi) is 4.51. The number of nitro groups is 1. The standard InChI is InChI=1S/C13H17FN2O4/c1-3-20-12-7-10(13(12)19-2)15-8-4-5-9(14)11(6-8)16(17)18/h4-6,10,12-13,15H,3,7H2,1-2H3. The number of benzene rings is 1. The SMILES string of the molecule is CCOC1CC(Nc2ccc(F)c([N+](=O)[O-])c2)C1OC. The number of nitrogens with one attached hydrogen (secondary N) is 1. The van der Waals surface area contributed by atoms with Gasteiger partial charge in [-0.1, -0.05) is 0 Å². The Morgan fingerprint density at radius 2 is 2.30 bits per heavy atom. The summed E-state index contributed by atoms with van der Waals surface area (Å²) < 4.78 is 24.1. The van der Waals surface area contributed by atoms with Crippen molar-refractivity contribution in [1.29, 1.82) is 0 Å². The third kappa shape index (κ3) is 2.88. The fourth-order valence-corrected chi connectivity index (χ4v) is 2.37. The minimum atomic E-state index is -0.843. The lowest BCUT2D eigenvalue weighted by Crippen LogP contribution is -2.56. The van der Waals surface area contributed by atoms with Gasteiger partial charge in [-0.25, -0.2) is 0 Å². The maximum Gasteiger partial charge on any atom is 0.306 e. The van der Waals surface area contributed by atoms with E-state index in [2.05, 4.69) is 5.32 Å². The Morgan fingerprint density at radius 1 is 1.55 bits per heavy atom. The summed E-state index contributed by atoms with van der Waals surface area (Å²) in [4.78, 5) is 9.96. The highest BCUT2D eigenvalue weighted by Crippen LogP contribution is 2.31. The summed E-state index contributed by atoms with van der Waals surface area (Å²) in [6.45, 7) is 2.52. The minimum absolute atomic E-state index is 0.00150. The molecule has 0 bridgehead atoms. The molecule has 0 aliphatic heterocycles. The Bertz CT molecular complexity index is 497. The molecular formula is C13H17FN2O4. The molecule has 6 nitrogen and oxygen atoms in total. The first-order valence-corrected chi connectivity index (χ1v) is 6.41. The van der Waals surface area contributed by atoms with Crippen molar-refractivity contribution in [3.63, 3.8) is 0 Å². The van der Waals surface area contributed by atoms with E-state index in [-0.39, 0.29) is 18.2 Å². The molecule has 0 aromatic heterocycles. The van der Waals surface area contributed by atoms with E-state index in [1.807, 2.05) is 6.92 Å². The van der Waals surface area contributed by atoms with Gasteiger partial charge in [0.15, 0.2) is 0 Å². The van der Waals surface area contributed by atoms with Crippen molar-refractivity contribution in [3.05, 3.63) is 34.1 Å². The molecule has 0 saturated heterocycles. The molecule has 2 rings (SSSR count). The average Bonchev–Trinajstić information content (AvgIpc) is 2.39. The minimum Gasteiger partial charge on any atom is -0.379 e. The van der Waals surface area contributed by atoms with Crippen molar-refractivity contribution in [2.24, 2.45) is 0 Å². The Balaban J connectivity index is 2.04. The van der Waals surface area contributed by atoms with Gasteiger partial charge in [0, 0.05) is 25.5 Å². The van der Waals surface area contributed by atoms with Crippen LogP contribution in [0, 0.1) is 15.9 Å². The zero-order valence-electron chi connectivity index (χ0n) is 11.3. The van der Waals surface area contributed by atoms with Crippen LogP contribution in [0.1, 0.15) is 13.3 Å². The molecule has 0 amide bonds. The summed E-state index contributed by atoms with van der Waals surface area (Å²) in [5.41, 5.74) is -0.0373. The molecular weight excluding hydrogens is 267 g/mol. The highest BCUT2D eigenvalue weighted by atomic mass is 19.1. The van der Waals surface area contributed by atoms with Crippen LogP contribution >= 0.6 is 0 Å². The quantitative estimate of drug-likeness (QED) is 0.641. The topological polar surface area (TPSA) is 73.6 Å². The summed E-state index contributed by atoms with van der Waals surface area (Å²) in [7, 11) is 1.59. The maximum atomic E-state index is 13.2. The predicted octanol–water partition coefficient (Wildman–Crippen LogP) is 2.34.